The van der Waals surface area contributed by atoms with Gasteiger partial charge in [-0.15, -0.1) is 5.10 Å². The van der Waals surface area contributed by atoms with Crippen molar-refractivity contribution in [3.05, 3.63) is 68.5 Å². The summed E-state index contributed by atoms with van der Waals surface area (Å²) in [6.45, 7) is 1.43. The standard InChI is InChI=1S/C19H20FN5O5/c1-23-19(26)30-18(22-23)12-6-8-24(9-7-12)16-4-2-13(10-15(16)20)21-11-14-3-5-17(29-14)25(27)28/h2-5,10,12,21H,6-9,11H2,1H3. The van der Waals surface area contributed by atoms with Gasteiger partial charge in [-0.2, -0.15) is 4.68 Å². The summed E-state index contributed by atoms with van der Waals surface area (Å²) < 4.78 is 26.1. The molecule has 2 aromatic heterocycles. The van der Waals surface area contributed by atoms with Crippen molar-refractivity contribution in [1.29, 1.82) is 0 Å². The quantitative estimate of drug-likeness (QED) is 0.480. The summed E-state index contributed by atoms with van der Waals surface area (Å²) in [7, 11) is 1.54. The van der Waals surface area contributed by atoms with Gasteiger partial charge in [0.2, 0.25) is 5.89 Å². The lowest BCUT2D eigenvalue weighted by atomic mass is 9.96. The van der Waals surface area contributed by atoms with Crippen LogP contribution in [-0.4, -0.2) is 27.8 Å². The molecule has 0 saturated carbocycles. The molecule has 11 heteroatoms. The maximum absolute atomic E-state index is 14.7. The molecular formula is C19H20FN5O5. The van der Waals surface area contributed by atoms with Gasteiger partial charge in [0.1, 0.15) is 16.5 Å². The summed E-state index contributed by atoms with van der Waals surface area (Å²) in [4.78, 5) is 23.4. The van der Waals surface area contributed by atoms with Crippen molar-refractivity contribution in [2.24, 2.45) is 7.05 Å². The minimum absolute atomic E-state index is 0.0384. The average Bonchev–Trinajstić information content (AvgIpc) is 3.34. The number of nitrogens with zero attached hydrogens (tertiary/aromatic N) is 4. The molecule has 0 radical (unpaired) electrons. The third-order valence-electron chi connectivity index (χ3n) is 5.13. The fourth-order valence-electron chi connectivity index (χ4n) is 3.52. The van der Waals surface area contributed by atoms with Crippen molar-refractivity contribution >= 4 is 17.3 Å². The molecule has 3 aromatic rings. The Balaban J connectivity index is 1.36. The second-order valence-corrected chi connectivity index (χ2v) is 7.11. The zero-order valence-corrected chi connectivity index (χ0v) is 16.2. The number of benzene rings is 1. The van der Waals surface area contributed by atoms with Crippen molar-refractivity contribution in [2.75, 3.05) is 23.3 Å². The number of anilines is 2. The Morgan fingerprint density at radius 3 is 2.63 bits per heavy atom. The van der Waals surface area contributed by atoms with Gasteiger partial charge in [0.05, 0.1) is 18.3 Å². The maximum atomic E-state index is 14.7. The fourth-order valence-corrected chi connectivity index (χ4v) is 3.52. The van der Waals surface area contributed by atoms with Crippen LogP contribution in [0.4, 0.5) is 21.6 Å². The molecule has 4 rings (SSSR count). The number of hydrogen-bond donors (Lipinski definition) is 1. The Bertz CT molecular complexity index is 1110. The Labute approximate surface area is 170 Å². The van der Waals surface area contributed by atoms with Gasteiger partial charge < -0.3 is 19.1 Å². The van der Waals surface area contributed by atoms with Crippen LogP contribution >= 0.6 is 0 Å². The van der Waals surface area contributed by atoms with Crippen molar-refractivity contribution in [3.63, 3.8) is 0 Å². The lowest BCUT2D eigenvalue weighted by Crippen LogP contribution is -2.33. The van der Waals surface area contributed by atoms with Crippen molar-refractivity contribution < 1.29 is 18.1 Å². The minimum atomic E-state index is -0.608. The highest BCUT2D eigenvalue weighted by atomic mass is 19.1. The molecule has 1 fully saturated rings. The van der Waals surface area contributed by atoms with Crippen LogP contribution in [0.3, 0.4) is 0 Å². The van der Waals surface area contributed by atoms with Crippen LogP contribution in [0.5, 0.6) is 0 Å². The zero-order chi connectivity index (χ0) is 21.3. The van der Waals surface area contributed by atoms with Crippen LogP contribution in [0, 0.1) is 15.9 Å². The molecule has 30 heavy (non-hydrogen) atoms. The van der Waals surface area contributed by atoms with E-state index in [0.29, 0.717) is 49.0 Å². The summed E-state index contributed by atoms with van der Waals surface area (Å²) >= 11 is 0. The fraction of sp³-hybridized carbons (Fsp3) is 0.368. The molecule has 0 spiro atoms. The first-order chi connectivity index (χ1) is 14.4. The lowest BCUT2D eigenvalue weighted by Gasteiger charge is -2.32. The number of rotatable bonds is 6. The van der Waals surface area contributed by atoms with E-state index in [1.807, 2.05) is 4.90 Å². The van der Waals surface area contributed by atoms with Crippen LogP contribution in [0.15, 0.2) is 44.0 Å². The van der Waals surface area contributed by atoms with Crippen molar-refractivity contribution in [2.45, 2.75) is 25.3 Å². The molecule has 0 atom stereocenters. The number of nitrogens with one attached hydrogen (secondary N) is 1. The highest BCUT2D eigenvalue weighted by Gasteiger charge is 2.26. The highest BCUT2D eigenvalue weighted by Crippen LogP contribution is 2.31. The largest absolute Gasteiger partial charge is 0.436 e. The number of piperidine rings is 1. The Morgan fingerprint density at radius 2 is 2.03 bits per heavy atom. The number of aryl methyl sites for hydroxylation is 1. The van der Waals surface area contributed by atoms with Crippen molar-refractivity contribution in [1.82, 2.24) is 9.78 Å². The topological polar surface area (TPSA) is 120 Å². The summed E-state index contributed by atoms with van der Waals surface area (Å²) in [5.74, 6) is -0.327. The van der Waals surface area contributed by atoms with Crippen LogP contribution < -0.4 is 16.0 Å². The first-order valence-corrected chi connectivity index (χ1v) is 9.46. The Morgan fingerprint density at radius 1 is 1.27 bits per heavy atom. The van der Waals surface area contributed by atoms with Gasteiger partial charge in [-0.3, -0.25) is 10.1 Å². The van der Waals surface area contributed by atoms with Gasteiger partial charge in [-0.25, -0.2) is 9.18 Å². The van der Waals surface area contributed by atoms with Crippen molar-refractivity contribution in [3.8, 4) is 0 Å². The smallest absolute Gasteiger partial charge is 0.404 e. The molecule has 3 heterocycles. The molecule has 1 aromatic carbocycles. The number of halogens is 1. The molecule has 1 N–H and O–H groups in total. The molecule has 1 aliphatic heterocycles. The predicted molar refractivity (Wildman–Crippen MR) is 105 cm³/mol. The monoisotopic (exact) mass is 417 g/mol. The van der Waals surface area contributed by atoms with E-state index >= 15 is 0 Å². The SMILES string of the molecule is Cn1nc(C2CCN(c3ccc(NCc4ccc([N+](=O)[O-])o4)cc3F)CC2)oc1=O. The first-order valence-electron chi connectivity index (χ1n) is 9.46. The Hall–Kier alpha value is -3.63. The molecule has 10 nitrogen and oxygen atoms in total. The van der Waals surface area contributed by atoms with E-state index < -0.39 is 10.7 Å². The van der Waals surface area contributed by atoms with Crippen LogP contribution in [-0.2, 0) is 13.6 Å². The van der Waals surface area contributed by atoms with E-state index in [0.717, 1.165) is 0 Å². The third kappa shape index (κ3) is 4.04. The van der Waals surface area contributed by atoms with E-state index in [1.54, 1.807) is 19.2 Å². The number of furan rings is 1. The van der Waals surface area contributed by atoms with E-state index in [2.05, 4.69) is 10.4 Å². The highest BCUT2D eigenvalue weighted by molar-refractivity contribution is 5.56. The predicted octanol–water partition coefficient (Wildman–Crippen LogP) is 3.01. The molecular weight excluding hydrogens is 397 g/mol. The summed E-state index contributed by atoms with van der Waals surface area (Å²) in [6.07, 6.45) is 1.41. The summed E-state index contributed by atoms with van der Waals surface area (Å²) in [6, 6.07) is 7.61. The van der Waals surface area contributed by atoms with Crippen LogP contribution in [0.2, 0.25) is 0 Å². The van der Waals surface area contributed by atoms with Gasteiger partial charge in [0, 0.05) is 31.7 Å². The Kier molecular flexibility index (Phi) is 5.25. The number of nitro groups is 1. The van der Waals surface area contributed by atoms with Gasteiger partial charge >= 0.3 is 11.6 Å². The van der Waals surface area contributed by atoms with Gasteiger partial charge in [0.15, 0.2) is 0 Å². The second kappa shape index (κ2) is 8.01. The first kappa shape index (κ1) is 19.7. The molecule has 0 bridgehead atoms. The van der Waals surface area contributed by atoms with E-state index in [1.165, 1.54) is 22.9 Å². The third-order valence-corrected chi connectivity index (χ3v) is 5.13. The van der Waals surface area contributed by atoms with Gasteiger partial charge in [-0.1, -0.05) is 0 Å². The zero-order valence-electron chi connectivity index (χ0n) is 16.2. The molecule has 1 aliphatic rings. The van der Waals surface area contributed by atoms with Gasteiger partial charge in [-0.05, 0) is 37.1 Å². The van der Waals surface area contributed by atoms with E-state index in [4.69, 9.17) is 8.83 Å². The molecule has 158 valence electrons. The number of hydrogen-bond acceptors (Lipinski definition) is 8. The molecule has 0 aliphatic carbocycles. The maximum Gasteiger partial charge on any atom is 0.436 e. The molecule has 0 unspecified atom stereocenters. The average molecular weight is 417 g/mol. The summed E-state index contributed by atoms with van der Waals surface area (Å²) in [5.41, 5.74) is 1.04. The van der Waals surface area contributed by atoms with Crippen LogP contribution in [0.25, 0.3) is 0 Å². The molecule has 0 amide bonds. The van der Waals surface area contributed by atoms with E-state index in [-0.39, 0.29) is 24.2 Å². The summed E-state index contributed by atoms with van der Waals surface area (Å²) in [5, 5.41) is 17.8. The lowest BCUT2D eigenvalue weighted by molar-refractivity contribution is -0.402. The van der Waals surface area contributed by atoms with E-state index in [9.17, 15) is 19.3 Å². The second-order valence-electron chi connectivity index (χ2n) is 7.11. The number of aromatic nitrogens is 2. The van der Waals surface area contributed by atoms with Crippen LogP contribution in [0.1, 0.15) is 30.4 Å². The minimum Gasteiger partial charge on any atom is -0.404 e. The molecule has 1 saturated heterocycles. The van der Waals surface area contributed by atoms with Gasteiger partial charge in [0.25, 0.3) is 0 Å². The normalized spacial score (nSPS) is 14.8.